The monoisotopic (exact) mass is 489 g/mol. The molecule has 0 aromatic carbocycles. The maximum atomic E-state index is 12.9. The molecule has 0 aliphatic carbocycles. The molecular formula is C20H39N7O5S. The largest absolute Gasteiger partial charge is 0.480 e. The number of carbonyl (C=O) groups is 4. The zero-order chi connectivity index (χ0) is 25.6. The summed E-state index contributed by atoms with van der Waals surface area (Å²) in [7, 11) is 0. The zero-order valence-corrected chi connectivity index (χ0v) is 20.6. The van der Waals surface area contributed by atoms with E-state index in [1.165, 1.54) is 18.7 Å². The van der Waals surface area contributed by atoms with E-state index in [2.05, 4.69) is 20.9 Å². The van der Waals surface area contributed by atoms with Gasteiger partial charge in [0.2, 0.25) is 17.7 Å². The number of aliphatic imine (C=N–C) groups is 1. The summed E-state index contributed by atoms with van der Waals surface area (Å²) in [4.78, 5) is 53.2. The molecule has 12 nitrogen and oxygen atoms in total. The second-order valence-corrected chi connectivity index (χ2v) is 9.16. The van der Waals surface area contributed by atoms with Gasteiger partial charge in [-0.1, -0.05) is 13.8 Å². The van der Waals surface area contributed by atoms with Gasteiger partial charge in [-0.15, -0.1) is 0 Å². The molecule has 0 spiro atoms. The SMILES string of the molecule is CSCCC(NC(=O)C(CCCN=C(N)N)NC(=O)C(C)N)C(=O)NC(CC(C)C)C(=O)O. The summed E-state index contributed by atoms with van der Waals surface area (Å²) in [5.74, 6) is -2.32. The molecule has 0 saturated heterocycles. The number of rotatable bonds is 16. The van der Waals surface area contributed by atoms with E-state index in [4.69, 9.17) is 17.2 Å². The molecule has 0 aromatic rings. The highest BCUT2D eigenvalue weighted by Gasteiger charge is 2.29. The number of hydrogen-bond acceptors (Lipinski definition) is 7. The van der Waals surface area contributed by atoms with Crippen molar-refractivity contribution in [2.45, 2.75) is 70.6 Å². The Hall–Kier alpha value is -2.54. The van der Waals surface area contributed by atoms with Gasteiger partial charge in [-0.3, -0.25) is 19.4 Å². The van der Waals surface area contributed by atoms with Crippen molar-refractivity contribution in [3.05, 3.63) is 0 Å². The fourth-order valence-corrected chi connectivity index (χ4v) is 3.29. The molecule has 3 amide bonds. The highest BCUT2D eigenvalue weighted by Crippen LogP contribution is 2.08. The third-order valence-corrected chi connectivity index (χ3v) is 5.20. The van der Waals surface area contributed by atoms with Gasteiger partial charge in [0, 0.05) is 6.54 Å². The maximum Gasteiger partial charge on any atom is 0.326 e. The van der Waals surface area contributed by atoms with Crippen LogP contribution in [0.1, 0.15) is 46.5 Å². The molecule has 0 saturated carbocycles. The van der Waals surface area contributed by atoms with Crippen molar-refractivity contribution in [1.82, 2.24) is 16.0 Å². The van der Waals surface area contributed by atoms with E-state index in [9.17, 15) is 24.3 Å². The second kappa shape index (κ2) is 16.1. The first kappa shape index (κ1) is 30.5. The summed E-state index contributed by atoms with van der Waals surface area (Å²) in [5, 5.41) is 17.1. The summed E-state index contributed by atoms with van der Waals surface area (Å²) in [6, 6.07) is -3.83. The van der Waals surface area contributed by atoms with Gasteiger partial charge in [0.1, 0.15) is 18.1 Å². The van der Waals surface area contributed by atoms with Gasteiger partial charge in [-0.05, 0) is 50.5 Å². The summed E-state index contributed by atoms with van der Waals surface area (Å²) >= 11 is 1.48. The molecule has 0 heterocycles. The average Bonchev–Trinajstić information content (AvgIpc) is 2.71. The van der Waals surface area contributed by atoms with E-state index in [0.717, 1.165) is 0 Å². The fraction of sp³-hybridized carbons (Fsp3) is 0.750. The van der Waals surface area contributed by atoms with Crippen LogP contribution in [0.3, 0.4) is 0 Å². The number of nitrogens with two attached hydrogens (primary N) is 3. The van der Waals surface area contributed by atoms with Crippen molar-refractivity contribution >= 4 is 41.4 Å². The van der Waals surface area contributed by atoms with Gasteiger partial charge in [0.05, 0.1) is 6.04 Å². The summed E-state index contributed by atoms with van der Waals surface area (Å²) in [5.41, 5.74) is 16.2. The Bertz CT molecular complexity index is 684. The number of carbonyl (C=O) groups excluding carboxylic acids is 3. The molecule has 0 bridgehead atoms. The molecule has 33 heavy (non-hydrogen) atoms. The lowest BCUT2D eigenvalue weighted by molar-refractivity contribution is -0.142. The highest BCUT2D eigenvalue weighted by atomic mass is 32.2. The smallest absolute Gasteiger partial charge is 0.326 e. The molecule has 0 aliphatic heterocycles. The molecule has 0 fully saturated rings. The molecule has 0 aromatic heterocycles. The van der Waals surface area contributed by atoms with Crippen molar-refractivity contribution in [3.8, 4) is 0 Å². The van der Waals surface area contributed by atoms with Crippen LogP contribution >= 0.6 is 11.8 Å². The lowest BCUT2D eigenvalue weighted by atomic mass is 10.0. The van der Waals surface area contributed by atoms with Crippen molar-refractivity contribution in [2.75, 3.05) is 18.6 Å². The third kappa shape index (κ3) is 13.6. The van der Waals surface area contributed by atoms with Crippen LogP contribution in [0.15, 0.2) is 4.99 Å². The minimum atomic E-state index is -1.14. The molecular weight excluding hydrogens is 450 g/mol. The number of thioether (sulfide) groups is 1. The topological polar surface area (TPSA) is 215 Å². The average molecular weight is 490 g/mol. The first-order chi connectivity index (χ1) is 15.4. The molecule has 10 N–H and O–H groups in total. The van der Waals surface area contributed by atoms with Crippen LogP contribution in [0, 0.1) is 5.92 Å². The molecule has 4 unspecified atom stereocenters. The van der Waals surface area contributed by atoms with Crippen molar-refractivity contribution in [1.29, 1.82) is 0 Å². The quantitative estimate of drug-likeness (QED) is 0.0779. The van der Waals surface area contributed by atoms with Crippen LogP contribution in [0.4, 0.5) is 0 Å². The zero-order valence-electron chi connectivity index (χ0n) is 19.8. The standard InChI is InChI=1S/C20H39N7O5S/c1-11(2)10-15(19(31)32)27-18(30)14(7-9-33-4)26-17(29)13(25-16(28)12(3)21)6-5-8-24-20(22)23/h11-15H,5-10,21H2,1-4H3,(H,25,28)(H,26,29)(H,27,30)(H,31,32)(H4,22,23,24). The van der Waals surface area contributed by atoms with Gasteiger partial charge in [-0.25, -0.2) is 4.79 Å². The molecule has 0 aliphatic rings. The van der Waals surface area contributed by atoms with Gasteiger partial charge < -0.3 is 38.3 Å². The van der Waals surface area contributed by atoms with Crippen LogP contribution in [0.2, 0.25) is 0 Å². The number of guanidine groups is 1. The number of amides is 3. The maximum absolute atomic E-state index is 12.9. The highest BCUT2D eigenvalue weighted by molar-refractivity contribution is 7.98. The number of nitrogens with one attached hydrogen (secondary N) is 3. The van der Waals surface area contributed by atoms with E-state index in [1.807, 2.05) is 20.1 Å². The summed E-state index contributed by atoms with van der Waals surface area (Å²) < 4.78 is 0. The molecule has 0 radical (unpaired) electrons. The minimum Gasteiger partial charge on any atom is -0.480 e. The van der Waals surface area contributed by atoms with Crippen LogP contribution in [0.5, 0.6) is 0 Å². The normalized spacial score (nSPS) is 14.5. The summed E-state index contributed by atoms with van der Waals surface area (Å²) in [6.45, 7) is 5.44. The number of nitrogens with zero attached hydrogens (tertiary/aromatic N) is 1. The first-order valence-corrected chi connectivity index (χ1v) is 12.2. The van der Waals surface area contributed by atoms with Crippen molar-refractivity contribution < 1.29 is 24.3 Å². The Morgan fingerprint density at radius 3 is 1.88 bits per heavy atom. The molecule has 190 valence electrons. The lowest BCUT2D eigenvalue weighted by Gasteiger charge is -2.25. The number of aliphatic carboxylic acids is 1. The van der Waals surface area contributed by atoms with Crippen LogP contribution in [0.25, 0.3) is 0 Å². The molecule has 0 rings (SSSR count). The first-order valence-electron chi connectivity index (χ1n) is 10.8. The number of hydrogen-bond donors (Lipinski definition) is 7. The lowest BCUT2D eigenvalue weighted by Crippen LogP contribution is -2.57. The number of carboxylic acid groups (broad SMARTS) is 1. The van der Waals surface area contributed by atoms with Crippen molar-refractivity contribution in [3.63, 3.8) is 0 Å². The predicted molar refractivity (Wildman–Crippen MR) is 129 cm³/mol. The third-order valence-electron chi connectivity index (χ3n) is 4.56. The fourth-order valence-electron chi connectivity index (χ4n) is 2.82. The van der Waals surface area contributed by atoms with Crippen LogP contribution in [-0.4, -0.2) is 77.5 Å². The Labute approximate surface area is 199 Å². The van der Waals surface area contributed by atoms with Crippen molar-refractivity contribution in [2.24, 2.45) is 28.1 Å². The Morgan fingerprint density at radius 1 is 0.909 bits per heavy atom. The number of carboxylic acids is 1. The Balaban J connectivity index is 5.42. The molecule has 13 heteroatoms. The van der Waals surface area contributed by atoms with Gasteiger partial charge in [-0.2, -0.15) is 11.8 Å². The van der Waals surface area contributed by atoms with E-state index in [-0.39, 0.29) is 37.7 Å². The Kier molecular flexibility index (Phi) is 14.9. The minimum absolute atomic E-state index is 0.0497. The van der Waals surface area contributed by atoms with E-state index >= 15 is 0 Å². The van der Waals surface area contributed by atoms with Gasteiger partial charge >= 0.3 is 5.97 Å². The second-order valence-electron chi connectivity index (χ2n) is 8.17. The van der Waals surface area contributed by atoms with Crippen LogP contribution in [-0.2, 0) is 19.2 Å². The van der Waals surface area contributed by atoms with Gasteiger partial charge in [0.15, 0.2) is 5.96 Å². The van der Waals surface area contributed by atoms with Crippen LogP contribution < -0.4 is 33.2 Å². The summed E-state index contributed by atoms with van der Waals surface area (Å²) in [6.07, 6.45) is 3.00. The van der Waals surface area contributed by atoms with Gasteiger partial charge in [0.25, 0.3) is 0 Å². The Morgan fingerprint density at radius 2 is 1.42 bits per heavy atom. The van der Waals surface area contributed by atoms with E-state index in [1.54, 1.807) is 0 Å². The van der Waals surface area contributed by atoms with E-state index < -0.39 is 47.9 Å². The predicted octanol–water partition coefficient (Wildman–Crippen LogP) is -1.27. The van der Waals surface area contributed by atoms with E-state index in [0.29, 0.717) is 12.2 Å². The molecule has 4 atom stereocenters.